The number of hydrogen-bond acceptors (Lipinski definition) is 4. The highest BCUT2D eigenvalue weighted by atomic mass is 79.9. The first-order valence-electron chi connectivity index (χ1n) is 10.5. The summed E-state index contributed by atoms with van der Waals surface area (Å²) in [6, 6.07) is 12.7. The summed E-state index contributed by atoms with van der Waals surface area (Å²) in [6.07, 6.45) is 0.719. The molecule has 0 unspecified atom stereocenters. The molecule has 3 aliphatic rings. The molecule has 6 atom stereocenters. The molecule has 6 nitrogen and oxygen atoms in total. The van der Waals surface area contributed by atoms with Crippen LogP contribution in [-0.2, 0) is 14.3 Å². The summed E-state index contributed by atoms with van der Waals surface area (Å²) >= 11 is 3.63. The largest absolute Gasteiger partial charge is 0.461 e. The molecule has 5 rings (SSSR count). The topological polar surface area (TPSA) is 84.5 Å². The molecule has 31 heavy (non-hydrogen) atoms. The Morgan fingerprint density at radius 1 is 1.06 bits per heavy atom. The molecule has 2 N–H and O–H groups in total. The molecule has 2 bridgehead atoms. The van der Waals surface area contributed by atoms with Crippen LogP contribution in [0.25, 0.3) is 0 Å². The molecule has 2 aliphatic carbocycles. The molecule has 1 saturated heterocycles. The third-order valence-corrected chi connectivity index (χ3v) is 8.05. The highest BCUT2D eigenvalue weighted by Crippen LogP contribution is 2.60. The zero-order chi connectivity index (χ0) is 21.9. The van der Waals surface area contributed by atoms with Gasteiger partial charge in [-0.2, -0.15) is 0 Å². The summed E-state index contributed by atoms with van der Waals surface area (Å²) in [6.45, 7) is 3.95. The maximum Gasteiger partial charge on any atom is 0.310 e. The lowest BCUT2D eigenvalue weighted by Crippen LogP contribution is -2.40. The number of carbonyl (C=O) groups excluding carboxylic acids is 3. The van der Waals surface area contributed by atoms with Crippen LogP contribution in [0.3, 0.4) is 0 Å². The lowest BCUT2D eigenvalue weighted by atomic mass is 9.79. The predicted molar refractivity (Wildman–Crippen MR) is 120 cm³/mol. The van der Waals surface area contributed by atoms with Crippen molar-refractivity contribution in [2.75, 3.05) is 10.6 Å². The quantitative estimate of drug-likeness (QED) is 0.508. The van der Waals surface area contributed by atoms with Gasteiger partial charge in [-0.25, -0.2) is 0 Å². The van der Waals surface area contributed by atoms with Crippen LogP contribution >= 0.6 is 15.9 Å². The molecule has 2 amide bonds. The van der Waals surface area contributed by atoms with Gasteiger partial charge in [-0.05, 0) is 56.0 Å². The SMILES string of the molecule is Cc1ccc(NC(=O)c2cccc(NC(=O)[C@@H]3[C@H]4C[C@H]5[C@H](OC(=O)[C@H]53)[C@H]4Br)c2)c(C)c1. The number of hydrogen-bond donors (Lipinski definition) is 2. The molecular weight excluding hydrogens is 460 g/mol. The first kappa shape index (κ1) is 20.2. The Morgan fingerprint density at radius 2 is 1.87 bits per heavy atom. The Balaban J connectivity index is 1.31. The minimum absolute atomic E-state index is 0.0193. The Morgan fingerprint density at radius 3 is 2.65 bits per heavy atom. The average Bonchev–Trinajstić information content (AvgIpc) is 3.34. The van der Waals surface area contributed by atoms with E-state index in [9.17, 15) is 14.4 Å². The van der Waals surface area contributed by atoms with Crippen LogP contribution in [-0.4, -0.2) is 28.7 Å². The molecule has 2 aromatic carbocycles. The summed E-state index contributed by atoms with van der Waals surface area (Å²) < 4.78 is 5.49. The number of halogens is 1. The van der Waals surface area contributed by atoms with Crippen LogP contribution in [0.2, 0.25) is 0 Å². The fourth-order valence-electron chi connectivity index (χ4n) is 5.44. The minimum atomic E-state index is -0.409. The second-order valence-electron chi connectivity index (χ2n) is 8.80. The van der Waals surface area contributed by atoms with Crippen LogP contribution < -0.4 is 10.6 Å². The molecule has 1 heterocycles. The summed E-state index contributed by atoms with van der Waals surface area (Å²) in [4.78, 5) is 38.2. The van der Waals surface area contributed by atoms with Crippen molar-refractivity contribution in [1.29, 1.82) is 0 Å². The number of alkyl halides is 1. The van der Waals surface area contributed by atoms with Crippen molar-refractivity contribution in [1.82, 2.24) is 0 Å². The van der Waals surface area contributed by atoms with Gasteiger partial charge < -0.3 is 15.4 Å². The van der Waals surface area contributed by atoms with E-state index in [0.29, 0.717) is 11.3 Å². The number of anilines is 2. The van der Waals surface area contributed by atoms with E-state index < -0.39 is 5.92 Å². The smallest absolute Gasteiger partial charge is 0.310 e. The number of fused-ring (bicyclic) bond motifs is 1. The van der Waals surface area contributed by atoms with Gasteiger partial charge >= 0.3 is 5.97 Å². The van der Waals surface area contributed by atoms with E-state index in [1.54, 1.807) is 24.3 Å². The third kappa shape index (κ3) is 3.35. The maximum absolute atomic E-state index is 13.1. The maximum atomic E-state index is 13.1. The van der Waals surface area contributed by atoms with Crippen LogP contribution in [0.4, 0.5) is 11.4 Å². The first-order valence-corrected chi connectivity index (χ1v) is 11.4. The Hall–Kier alpha value is -2.67. The van der Waals surface area contributed by atoms with Crippen molar-refractivity contribution >= 4 is 45.1 Å². The van der Waals surface area contributed by atoms with Gasteiger partial charge in [-0.3, -0.25) is 14.4 Å². The van der Waals surface area contributed by atoms with E-state index in [4.69, 9.17) is 4.74 Å². The zero-order valence-electron chi connectivity index (χ0n) is 17.2. The van der Waals surface area contributed by atoms with Crippen LogP contribution in [0, 0.1) is 37.5 Å². The van der Waals surface area contributed by atoms with E-state index in [-0.39, 0.29) is 46.5 Å². The normalized spacial score (nSPS) is 30.2. The fraction of sp³-hybridized carbons (Fsp3) is 0.375. The van der Waals surface area contributed by atoms with Gasteiger partial charge in [0.05, 0.1) is 16.7 Å². The van der Waals surface area contributed by atoms with Gasteiger partial charge in [0.1, 0.15) is 6.10 Å². The average molecular weight is 483 g/mol. The number of ether oxygens (including phenoxy) is 1. The minimum Gasteiger partial charge on any atom is -0.461 e. The van der Waals surface area contributed by atoms with Crippen molar-refractivity contribution in [3.8, 4) is 0 Å². The number of aryl methyl sites for hydroxylation is 2. The van der Waals surface area contributed by atoms with E-state index in [1.807, 2.05) is 32.0 Å². The Bertz CT molecular complexity index is 1100. The fourth-order valence-corrected chi connectivity index (χ4v) is 6.49. The van der Waals surface area contributed by atoms with E-state index in [1.165, 1.54) is 0 Å². The molecule has 1 aliphatic heterocycles. The zero-order valence-corrected chi connectivity index (χ0v) is 18.8. The molecule has 160 valence electrons. The van der Waals surface area contributed by atoms with Crippen molar-refractivity contribution in [3.63, 3.8) is 0 Å². The van der Waals surface area contributed by atoms with E-state index >= 15 is 0 Å². The molecule has 3 fully saturated rings. The van der Waals surface area contributed by atoms with Crippen LogP contribution in [0.5, 0.6) is 0 Å². The number of carbonyl (C=O) groups is 3. The van der Waals surface area contributed by atoms with E-state index in [0.717, 1.165) is 23.2 Å². The summed E-state index contributed by atoms with van der Waals surface area (Å²) in [5, 5.41) is 5.85. The number of rotatable bonds is 4. The van der Waals surface area contributed by atoms with Gasteiger partial charge in [0.15, 0.2) is 0 Å². The van der Waals surface area contributed by atoms with Gasteiger partial charge in [-0.1, -0.05) is 39.7 Å². The second-order valence-corrected chi connectivity index (χ2v) is 9.86. The van der Waals surface area contributed by atoms with Crippen molar-refractivity contribution in [3.05, 3.63) is 59.2 Å². The van der Waals surface area contributed by atoms with Gasteiger partial charge in [0.25, 0.3) is 5.91 Å². The first-order chi connectivity index (χ1) is 14.8. The molecule has 2 aromatic rings. The summed E-state index contributed by atoms with van der Waals surface area (Å²) in [5.74, 6) is -1.26. The molecule has 0 spiro atoms. The third-order valence-electron chi connectivity index (χ3n) is 6.85. The lowest BCUT2D eigenvalue weighted by Gasteiger charge is -2.27. The van der Waals surface area contributed by atoms with Crippen molar-refractivity contribution in [2.45, 2.75) is 31.2 Å². The number of nitrogens with one attached hydrogen (secondary N) is 2. The monoisotopic (exact) mass is 482 g/mol. The standard InChI is InChI=1S/C24H23BrN2O4/c1-11-6-7-17(12(2)8-11)27-22(28)13-4-3-5-14(9-13)26-23(29)18-15-10-16-19(18)24(30)31-21(16)20(15)25/h3-9,15-16,18-21H,10H2,1-2H3,(H,26,29)(H,27,28)/t15-,16-,18-,19-,20+,21+/m1/s1. The number of benzene rings is 2. The highest BCUT2D eigenvalue weighted by Gasteiger charge is 2.67. The molecular formula is C24H23BrN2O4. The van der Waals surface area contributed by atoms with Gasteiger partial charge in [-0.15, -0.1) is 0 Å². The lowest BCUT2D eigenvalue weighted by molar-refractivity contribution is -0.145. The van der Waals surface area contributed by atoms with Crippen LogP contribution in [0.1, 0.15) is 27.9 Å². The van der Waals surface area contributed by atoms with Crippen molar-refractivity contribution < 1.29 is 19.1 Å². The number of esters is 1. The summed E-state index contributed by atoms with van der Waals surface area (Å²) in [5.41, 5.74) is 3.85. The molecule has 0 aromatic heterocycles. The molecule has 7 heteroatoms. The van der Waals surface area contributed by atoms with Gasteiger partial charge in [0.2, 0.25) is 5.91 Å². The van der Waals surface area contributed by atoms with Crippen LogP contribution in [0.15, 0.2) is 42.5 Å². The highest BCUT2D eigenvalue weighted by molar-refractivity contribution is 9.09. The number of amides is 2. The Kier molecular flexibility index (Phi) is 4.88. The van der Waals surface area contributed by atoms with Crippen molar-refractivity contribution in [2.24, 2.45) is 23.7 Å². The molecule has 0 radical (unpaired) electrons. The summed E-state index contributed by atoms with van der Waals surface area (Å²) in [7, 11) is 0. The predicted octanol–water partition coefficient (Wildman–Crippen LogP) is 4.07. The van der Waals surface area contributed by atoms with Gasteiger partial charge in [0, 0.05) is 22.9 Å². The molecule has 2 saturated carbocycles. The Labute approximate surface area is 188 Å². The second kappa shape index (κ2) is 7.48. The van der Waals surface area contributed by atoms with E-state index in [2.05, 4.69) is 26.6 Å².